The summed E-state index contributed by atoms with van der Waals surface area (Å²) in [6, 6.07) is 5.47. The van der Waals surface area contributed by atoms with E-state index < -0.39 is 9.84 Å². The minimum Gasteiger partial charge on any atom is -0.383 e. The van der Waals surface area contributed by atoms with Crippen LogP contribution < -0.4 is 5.32 Å². The number of hydrogen-bond acceptors (Lipinski definition) is 4. The van der Waals surface area contributed by atoms with Gasteiger partial charge in [0.1, 0.15) is 0 Å². The highest BCUT2D eigenvalue weighted by Gasteiger charge is 2.31. The molecule has 1 aliphatic rings. The van der Waals surface area contributed by atoms with Gasteiger partial charge in [-0.1, -0.05) is 6.07 Å². The highest BCUT2D eigenvalue weighted by atomic mass is 32.2. The standard InChI is InChI=1S/C14H21NO3S/c1-10-4-7-12(19(3,16)17)8-13(10)15-14(9-18-2)11-5-6-11/h4,7-8,11,14-15H,5-6,9H2,1-3H3. The summed E-state index contributed by atoms with van der Waals surface area (Å²) in [5.41, 5.74) is 1.94. The zero-order valence-corrected chi connectivity index (χ0v) is 12.5. The van der Waals surface area contributed by atoms with Crippen LogP contribution in [0.5, 0.6) is 0 Å². The minimum atomic E-state index is -3.17. The van der Waals surface area contributed by atoms with Gasteiger partial charge in [-0.25, -0.2) is 8.42 Å². The maximum atomic E-state index is 11.6. The van der Waals surface area contributed by atoms with Crippen molar-refractivity contribution in [3.8, 4) is 0 Å². The Kier molecular flexibility index (Phi) is 4.16. The topological polar surface area (TPSA) is 55.4 Å². The van der Waals surface area contributed by atoms with Gasteiger partial charge in [-0.2, -0.15) is 0 Å². The first-order valence-electron chi connectivity index (χ1n) is 6.48. The Balaban J connectivity index is 2.23. The van der Waals surface area contributed by atoms with E-state index in [0.717, 1.165) is 11.3 Å². The zero-order valence-electron chi connectivity index (χ0n) is 11.6. The van der Waals surface area contributed by atoms with E-state index in [2.05, 4.69) is 5.32 Å². The first kappa shape index (κ1) is 14.3. The molecule has 0 amide bonds. The lowest BCUT2D eigenvalue weighted by molar-refractivity contribution is 0.179. The molecule has 106 valence electrons. The van der Waals surface area contributed by atoms with E-state index in [1.165, 1.54) is 19.1 Å². The number of aryl methyl sites for hydroxylation is 1. The molecule has 1 aromatic rings. The quantitative estimate of drug-likeness (QED) is 0.870. The molecule has 1 saturated carbocycles. The number of benzene rings is 1. The first-order valence-corrected chi connectivity index (χ1v) is 8.37. The van der Waals surface area contributed by atoms with Gasteiger partial charge in [0.15, 0.2) is 9.84 Å². The van der Waals surface area contributed by atoms with Crippen molar-refractivity contribution < 1.29 is 13.2 Å². The van der Waals surface area contributed by atoms with Crippen molar-refractivity contribution in [2.75, 3.05) is 25.3 Å². The monoisotopic (exact) mass is 283 g/mol. The number of sulfone groups is 1. The molecule has 0 bridgehead atoms. The fraction of sp³-hybridized carbons (Fsp3) is 0.571. The molecule has 0 heterocycles. The van der Waals surface area contributed by atoms with Crippen molar-refractivity contribution in [3.05, 3.63) is 23.8 Å². The Labute approximate surface area is 115 Å². The molecule has 5 heteroatoms. The van der Waals surface area contributed by atoms with Crippen molar-refractivity contribution in [2.45, 2.75) is 30.7 Å². The van der Waals surface area contributed by atoms with Gasteiger partial charge >= 0.3 is 0 Å². The van der Waals surface area contributed by atoms with Gasteiger partial charge < -0.3 is 10.1 Å². The van der Waals surface area contributed by atoms with Gasteiger partial charge in [-0.05, 0) is 43.4 Å². The number of rotatable bonds is 6. The summed E-state index contributed by atoms with van der Waals surface area (Å²) in [5, 5.41) is 3.43. The highest BCUT2D eigenvalue weighted by molar-refractivity contribution is 7.90. The fourth-order valence-corrected chi connectivity index (χ4v) is 2.81. The van der Waals surface area contributed by atoms with Crippen molar-refractivity contribution >= 4 is 15.5 Å². The summed E-state index contributed by atoms with van der Waals surface area (Å²) < 4.78 is 28.4. The maximum Gasteiger partial charge on any atom is 0.175 e. The third kappa shape index (κ3) is 3.70. The zero-order chi connectivity index (χ0) is 14.0. The van der Waals surface area contributed by atoms with Gasteiger partial charge in [0.2, 0.25) is 0 Å². The summed E-state index contributed by atoms with van der Waals surface area (Å²) >= 11 is 0. The predicted molar refractivity (Wildman–Crippen MR) is 76.3 cm³/mol. The molecular formula is C14H21NO3S. The molecule has 2 rings (SSSR count). The molecular weight excluding hydrogens is 262 g/mol. The summed E-state index contributed by atoms with van der Waals surface area (Å²) in [6.07, 6.45) is 3.66. The molecule has 1 fully saturated rings. The van der Waals surface area contributed by atoms with Crippen LogP contribution in [0.2, 0.25) is 0 Å². The van der Waals surface area contributed by atoms with Crippen molar-refractivity contribution in [1.82, 2.24) is 0 Å². The molecule has 0 aromatic heterocycles. The lowest BCUT2D eigenvalue weighted by atomic mass is 10.1. The highest BCUT2D eigenvalue weighted by Crippen LogP contribution is 2.35. The van der Waals surface area contributed by atoms with Crippen molar-refractivity contribution in [1.29, 1.82) is 0 Å². The van der Waals surface area contributed by atoms with Crippen LogP contribution in [0.4, 0.5) is 5.69 Å². The van der Waals surface area contributed by atoms with Crippen LogP contribution in [0.25, 0.3) is 0 Å². The van der Waals surface area contributed by atoms with Crippen LogP contribution in [-0.4, -0.2) is 34.4 Å². The number of nitrogens with one attached hydrogen (secondary N) is 1. The molecule has 19 heavy (non-hydrogen) atoms. The molecule has 0 radical (unpaired) electrons. The van der Waals surface area contributed by atoms with Gasteiger partial charge in [-0.3, -0.25) is 0 Å². The molecule has 1 aromatic carbocycles. The van der Waals surface area contributed by atoms with E-state index in [9.17, 15) is 8.42 Å². The normalized spacial score (nSPS) is 17.2. The average Bonchev–Trinajstić information content (AvgIpc) is 3.13. The molecule has 1 aliphatic carbocycles. The molecule has 0 spiro atoms. The van der Waals surface area contributed by atoms with Gasteiger partial charge in [0, 0.05) is 19.1 Å². The third-order valence-electron chi connectivity index (χ3n) is 3.52. The number of anilines is 1. The van der Waals surface area contributed by atoms with Gasteiger partial charge in [-0.15, -0.1) is 0 Å². The summed E-state index contributed by atoms with van der Waals surface area (Å²) in [5.74, 6) is 0.640. The van der Waals surface area contributed by atoms with E-state index in [4.69, 9.17) is 4.74 Å². The smallest absolute Gasteiger partial charge is 0.175 e. The molecule has 1 unspecified atom stereocenters. The van der Waals surface area contributed by atoms with Crippen LogP contribution in [0.3, 0.4) is 0 Å². The van der Waals surface area contributed by atoms with Gasteiger partial charge in [0.25, 0.3) is 0 Å². The minimum absolute atomic E-state index is 0.263. The summed E-state index contributed by atoms with van der Waals surface area (Å²) in [7, 11) is -1.47. The summed E-state index contributed by atoms with van der Waals surface area (Å²) in [4.78, 5) is 0.354. The molecule has 1 atom stereocenters. The van der Waals surface area contributed by atoms with Crippen LogP contribution >= 0.6 is 0 Å². The lowest BCUT2D eigenvalue weighted by Gasteiger charge is -2.20. The number of methoxy groups -OCH3 is 1. The Bertz CT molecular complexity index is 550. The second kappa shape index (κ2) is 5.51. The van der Waals surface area contributed by atoms with Crippen LogP contribution in [0.15, 0.2) is 23.1 Å². The predicted octanol–water partition coefficient (Wildman–Crippen LogP) is 2.24. The van der Waals surface area contributed by atoms with Crippen molar-refractivity contribution in [3.63, 3.8) is 0 Å². The van der Waals surface area contributed by atoms with Gasteiger partial charge in [0.05, 0.1) is 17.5 Å². The number of ether oxygens (including phenoxy) is 1. The Morgan fingerprint density at radius 3 is 2.63 bits per heavy atom. The van der Waals surface area contributed by atoms with E-state index in [0.29, 0.717) is 17.4 Å². The summed E-state index contributed by atoms with van der Waals surface area (Å²) in [6.45, 7) is 2.62. The van der Waals surface area contributed by atoms with Crippen LogP contribution in [0, 0.1) is 12.8 Å². The van der Waals surface area contributed by atoms with Crippen molar-refractivity contribution in [2.24, 2.45) is 5.92 Å². The van der Waals surface area contributed by atoms with Crippen LogP contribution in [0.1, 0.15) is 18.4 Å². The Morgan fingerprint density at radius 2 is 2.11 bits per heavy atom. The first-order chi connectivity index (χ1) is 8.91. The molecule has 0 aliphatic heterocycles. The van der Waals surface area contributed by atoms with Crippen LogP contribution in [-0.2, 0) is 14.6 Å². The average molecular weight is 283 g/mol. The Hall–Kier alpha value is -1.07. The van der Waals surface area contributed by atoms with E-state index >= 15 is 0 Å². The molecule has 1 N–H and O–H groups in total. The van der Waals surface area contributed by atoms with E-state index in [1.54, 1.807) is 19.2 Å². The molecule has 4 nitrogen and oxygen atoms in total. The van der Waals surface area contributed by atoms with E-state index in [-0.39, 0.29) is 6.04 Å². The largest absolute Gasteiger partial charge is 0.383 e. The second-order valence-corrected chi connectivity index (χ2v) is 7.31. The van der Waals surface area contributed by atoms with E-state index in [1.807, 2.05) is 13.0 Å². The second-order valence-electron chi connectivity index (χ2n) is 5.29. The third-order valence-corrected chi connectivity index (χ3v) is 4.63. The Morgan fingerprint density at radius 1 is 1.42 bits per heavy atom. The number of hydrogen-bond donors (Lipinski definition) is 1. The fourth-order valence-electron chi connectivity index (χ4n) is 2.16. The lowest BCUT2D eigenvalue weighted by Crippen LogP contribution is -2.27. The molecule has 0 saturated heterocycles. The SMILES string of the molecule is COCC(Nc1cc(S(C)(=O)=O)ccc1C)C1CC1. The maximum absolute atomic E-state index is 11.6.